The topological polar surface area (TPSA) is 18.5 Å². The van der Waals surface area contributed by atoms with E-state index < -0.39 is 0 Å². The first-order valence-corrected chi connectivity index (χ1v) is 7.99. The van der Waals surface area contributed by atoms with Crippen molar-refractivity contribution in [1.29, 1.82) is 0 Å². The van der Waals surface area contributed by atoms with Crippen LogP contribution in [0, 0.1) is 0 Å². The fourth-order valence-electron chi connectivity index (χ4n) is 2.95. The molecule has 1 aliphatic rings. The maximum Gasteiger partial charge on any atom is 0.0332 e. The van der Waals surface area contributed by atoms with Crippen LogP contribution in [0.5, 0.6) is 0 Å². The van der Waals surface area contributed by atoms with Gasteiger partial charge in [0.05, 0.1) is 0 Å². The van der Waals surface area contributed by atoms with Crippen LogP contribution >= 0.6 is 0 Å². The molecule has 3 heteroatoms. The molecule has 3 nitrogen and oxygen atoms in total. The second kappa shape index (κ2) is 8.40. The lowest BCUT2D eigenvalue weighted by atomic mass is 10.0. The van der Waals surface area contributed by atoms with E-state index in [2.05, 4.69) is 59.4 Å². The molecule has 0 aromatic heterocycles. The van der Waals surface area contributed by atoms with Crippen molar-refractivity contribution in [2.75, 3.05) is 46.3 Å². The predicted molar refractivity (Wildman–Crippen MR) is 86.0 cm³/mol. The molecule has 1 aromatic rings. The monoisotopic (exact) mass is 275 g/mol. The summed E-state index contributed by atoms with van der Waals surface area (Å²) in [5.41, 5.74) is 1.42. The molecule has 1 aromatic carbocycles. The second-order valence-corrected chi connectivity index (χ2v) is 5.81. The van der Waals surface area contributed by atoms with Crippen LogP contribution in [-0.2, 0) is 0 Å². The van der Waals surface area contributed by atoms with E-state index in [-0.39, 0.29) is 0 Å². The van der Waals surface area contributed by atoms with Crippen LogP contribution in [-0.4, -0.2) is 56.1 Å². The minimum absolute atomic E-state index is 0.488. The van der Waals surface area contributed by atoms with E-state index in [1.165, 1.54) is 51.1 Å². The summed E-state index contributed by atoms with van der Waals surface area (Å²) >= 11 is 0. The van der Waals surface area contributed by atoms with E-state index in [0.717, 1.165) is 6.54 Å². The average molecular weight is 275 g/mol. The van der Waals surface area contributed by atoms with Crippen molar-refractivity contribution in [3.63, 3.8) is 0 Å². The van der Waals surface area contributed by atoms with Gasteiger partial charge in [0.15, 0.2) is 0 Å². The number of rotatable bonds is 6. The highest BCUT2D eigenvalue weighted by Crippen LogP contribution is 2.17. The fraction of sp³-hybridized carbons (Fsp3) is 0.647. The number of likely N-dealkylation sites (N-methyl/N-ethyl adjacent to an activating group) is 1. The Morgan fingerprint density at radius 2 is 1.90 bits per heavy atom. The van der Waals surface area contributed by atoms with Crippen molar-refractivity contribution in [3.8, 4) is 0 Å². The van der Waals surface area contributed by atoms with E-state index in [9.17, 15) is 0 Å². The number of nitrogens with one attached hydrogen (secondary N) is 1. The van der Waals surface area contributed by atoms with Gasteiger partial charge in [-0.05, 0) is 51.6 Å². The molecule has 0 aliphatic carbocycles. The lowest BCUT2D eigenvalue weighted by Crippen LogP contribution is -2.32. The zero-order chi connectivity index (χ0) is 14.2. The Morgan fingerprint density at radius 1 is 1.10 bits per heavy atom. The van der Waals surface area contributed by atoms with Gasteiger partial charge >= 0.3 is 0 Å². The van der Waals surface area contributed by atoms with Gasteiger partial charge in [-0.3, -0.25) is 0 Å². The SMILES string of the molecule is CCNC(CCN1CCCN(C)CC1)c1ccccc1. The molecule has 0 spiro atoms. The first-order chi connectivity index (χ1) is 9.79. The van der Waals surface area contributed by atoms with Gasteiger partial charge in [0.2, 0.25) is 0 Å². The van der Waals surface area contributed by atoms with Gasteiger partial charge < -0.3 is 15.1 Å². The number of hydrogen-bond donors (Lipinski definition) is 1. The minimum Gasteiger partial charge on any atom is -0.310 e. The van der Waals surface area contributed by atoms with E-state index in [1.807, 2.05) is 0 Å². The van der Waals surface area contributed by atoms with Crippen LogP contribution in [0.25, 0.3) is 0 Å². The summed E-state index contributed by atoms with van der Waals surface area (Å²) in [4.78, 5) is 5.07. The molecule has 1 aliphatic heterocycles. The molecule has 1 atom stereocenters. The fourth-order valence-corrected chi connectivity index (χ4v) is 2.95. The normalized spacial score (nSPS) is 19.7. The van der Waals surface area contributed by atoms with Crippen molar-refractivity contribution in [2.45, 2.75) is 25.8 Å². The summed E-state index contributed by atoms with van der Waals surface area (Å²) in [7, 11) is 2.23. The molecular formula is C17H29N3. The lowest BCUT2D eigenvalue weighted by Gasteiger charge is -2.24. The van der Waals surface area contributed by atoms with E-state index in [0.29, 0.717) is 6.04 Å². The van der Waals surface area contributed by atoms with Gasteiger partial charge in [-0.1, -0.05) is 37.3 Å². The van der Waals surface area contributed by atoms with E-state index in [4.69, 9.17) is 0 Å². The zero-order valence-electron chi connectivity index (χ0n) is 13.0. The molecule has 1 unspecified atom stereocenters. The molecule has 0 radical (unpaired) electrons. The Hall–Kier alpha value is -0.900. The molecule has 0 saturated carbocycles. The largest absolute Gasteiger partial charge is 0.310 e. The highest BCUT2D eigenvalue weighted by molar-refractivity contribution is 5.18. The Bertz CT molecular complexity index is 366. The highest BCUT2D eigenvalue weighted by atomic mass is 15.2. The summed E-state index contributed by atoms with van der Waals surface area (Å²) in [6, 6.07) is 11.3. The summed E-state index contributed by atoms with van der Waals surface area (Å²) in [6.07, 6.45) is 2.50. The van der Waals surface area contributed by atoms with Gasteiger partial charge in [0.1, 0.15) is 0 Å². The first-order valence-electron chi connectivity index (χ1n) is 7.99. The van der Waals surface area contributed by atoms with E-state index >= 15 is 0 Å². The summed E-state index contributed by atoms with van der Waals surface area (Å²) in [5, 5.41) is 3.63. The molecule has 1 saturated heterocycles. The van der Waals surface area contributed by atoms with Crippen molar-refractivity contribution in [3.05, 3.63) is 35.9 Å². The highest BCUT2D eigenvalue weighted by Gasteiger charge is 2.15. The van der Waals surface area contributed by atoms with Crippen molar-refractivity contribution in [2.24, 2.45) is 0 Å². The molecule has 1 N–H and O–H groups in total. The number of nitrogens with zero attached hydrogens (tertiary/aromatic N) is 2. The maximum atomic E-state index is 3.63. The van der Waals surface area contributed by atoms with Crippen molar-refractivity contribution in [1.82, 2.24) is 15.1 Å². The smallest absolute Gasteiger partial charge is 0.0332 e. The van der Waals surface area contributed by atoms with Crippen LogP contribution in [0.4, 0.5) is 0 Å². The zero-order valence-corrected chi connectivity index (χ0v) is 13.0. The summed E-state index contributed by atoms with van der Waals surface area (Å²) in [5.74, 6) is 0. The van der Waals surface area contributed by atoms with Crippen LogP contribution in [0.2, 0.25) is 0 Å². The quantitative estimate of drug-likeness (QED) is 0.860. The van der Waals surface area contributed by atoms with Crippen molar-refractivity contribution < 1.29 is 0 Å². The Labute approximate surface area is 124 Å². The molecule has 1 heterocycles. The molecule has 0 bridgehead atoms. The molecule has 2 rings (SSSR count). The van der Waals surface area contributed by atoms with Gasteiger partial charge in [-0.15, -0.1) is 0 Å². The third-order valence-electron chi connectivity index (χ3n) is 4.20. The Kier molecular flexibility index (Phi) is 6.51. The van der Waals surface area contributed by atoms with Crippen LogP contribution in [0.1, 0.15) is 31.4 Å². The molecule has 20 heavy (non-hydrogen) atoms. The van der Waals surface area contributed by atoms with Gasteiger partial charge in [-0.2, -0.15) is 0 Å². The first kappa shape index (κ1) is 15.5. The lowest BCUT2D eigenvalue weighted by molar-refractivity contribution is 0.261. The Morgan fingerprint density at radius 3 is 2.65 bits per heavy atom. The molecule has 1 fully saturated rings. The minimum atomic E-state index is 0.488. The number of benzene rings is 1. The van der Waals surface area contributed by atoms with Crippen LogP contribution < -0.4 is 5.32 Å². The van der Waals surface area contributed by atoms with Crippen LogP contribution in [0.3, 0.4) is 0 Å². The number of hydrogen-bond acceptors (Lipinski definition) is 3. The second-order valence-electron chi connectivity index (χ2n) is 5.81. The maximum absolute atomic E-state index is 3.63. The van der Waals surface area contributed by atoms with Crippen molar-refractivity contribution >= 4 is 0 Å². The molecular weight excluding hydrogens is 246 g/mol. The van der Waals surface area contributed by atoms with E-state index in [1.54, 1.807) is 0 Å². The summed E-state index contributed by atoms with van der Waals surface area (Å²) in [6.45, 7) is 9.32. The van der Waals surface area contributed by atoms with Gasteiger partial charge in [0.25, 0.3) is 0 Å². The average Bonchev–Trinajstić information content (AvgIpc) is 2.69. The van der Waals surface area contributed by atoms with Gasteiger partial charge in [-0.25, -0.2) is 0 Å². The molecule has 112 valence electrons. The summed E-state index contributed by atoms with van der Waals surface area (Å²) < 4.78 is 0. The molecule has 0 amide bonds. The Balaban J connectivity index is 1.85. The van der Waals surface area contributed by atoms with Crippen LogP contribution in [0.15, 0.2) is 30.3 Å². The predicted octanol–water partition coefficient (Wildman–Crippen LogP) is 2.36. The van der Waals surface area contributed by atoms with Gasteiger partial charge in [0, 0.05) is 19.1 Å². The third-order valence-corrected chi connectivity index (χ3v) is 4.20. The third kappa shape index (κ3) is 4.89. The standard InChI is InChI=1S/C17H29N3/c1-3-18-17(16-8-5-4-6-9-16)10-13-20-12-7-11-19(2)14-15-20/h4-6,8-9,17-18H,3,7,10-15H2,1-2H3.